The highest BCUT2D eigenvalue weighted by Gasteiger charge is 2.27. The minimum Gasteiger partial charge on any atom is -0.391 e. The number of likely N-dealkylation sites (tertiary alicyclic amines) is 1. The fraction of sp³-hybridized carbons (Fsp3) is 0.462. The van der Waals surface area contributed by atoms with E-state index in [0.29, 0.717) is 23.2 Å². The lowest BCUT2D eigenvalue weighted by Gasteiger charge is -2.34. The van der Waals surface area contributed by atoms with Crippen molar-refractivity contribution in [2.75, 3.05) is 18.4 Å². The van der Waals surface area contributed by atoms with Gasteiger partial charge in [0.15, 0.2) is 0 Å². The third kappa shape index (κ3) is 3.67. The Morgan fingerprint density at radius 1 is 1.53 bits per heavy atom. The number of β-amino-alcohol motifs (C(OH)–C–C–N with tert-alkyl or cyclic N) is 1. The summed E-state index contributed by atoms with van der Waals surface area (Å²) in [6.45, 7) is 2.87. The van der Waals surface area contributed by atoms with Crippen LogP contribution in [0.3, 0.4) is 0 Å². The molecule has 19 heavy (non-hydrogen) atoms. The number of piperidine rings is 1. The zero-order chi connectivity index (χ0) is 14.0. The molecule has 2 N–H and O–H groups in total. The first-order valence-electron chi connectivity index (χ1n) is 6.16. The topological polar surface area (TPSA) is 52.6 Å². The monoisotopic (exact) mass is 330 g/mol. The van der Waals surface area contributed by atoms with E-state index in [1.165, 1.54) is 12.1 Å². The minimum atomic E-state index is -0.501. The second-order valence-corrected chi connectivity index (χ2v) is 5.78. The van der Waals surface area contributed by atoms with Gasteiger partial charge >= 0.3 is 6.03 Å². The van der Waals surface area contributed by atoms with Crippen molar-refractivity contribution in [2.45, 2.75) is 19.4 Å². The summed E-state index contributed by atoms with van der Waals surface area (Å²) >= 11 is 3.17. The summed E-state index contributed by atoms with van der Waals surface area (Å²) < 4.78 is 13.8. The van der Waals surface area contributed by atoms with Gasteiger partial charge in [-0.3, -0.25) is 0 Å². The number of nitrogens with zero attached hydrogens (tertiary/aromatic N) is 1. The van der Waals surface area contributed by atoms with Crippen LogP contribution in [0.2, 0.25) is 0 Å². The number of benzene rings is 1. The average molecular weight is 331 g/mol. The molecule has 6 heteroatoms. The van der Waals surface area contributed by atoms with E-state index in [9.17, 15) is 14.3 Å². The quantitative estimate of drug-likeness (QED) is 0.831. The van der Waals surface area contributed by atoms with Crippen LogP contribution in [-0.4, -0.2) is 35.2 Å². The first-order valence-corrected chi connectivity index (χ1v) is 6.95. The Kier molecular flexibility index (Phi) is 4.42. The number of urea groups is 1. The van der Waals surface area contributed by atoms with Gasteiger partial charge in [0.25, 0.3) is 0 Å². The maximum atomic E-state index is 13.2. The summed E-state index contributed by atoms with van der Waals surface area (Å²) in [7, 11) is 0. The van der Waals surface area contributed by atoms with Crippen molar-refractivity contribution in [3.8, 4) is 0 Å². The van der Waals surface area contributed by atoms with Crippen LogP contribution in [0.25, 0.3) is 0 Å². The lowest BCUT2D eigenvalue weighted by Crippen LogP contribution is -2.47. The smallest absolute Gasteiger partial charge is 0.321 e. The van der Waals surface area contributed by atoms with Crippen molar-refractivity contribution in [1.29, 1.82) is 0 Å². The average Bonchev–Trinajstić information content (AvgIpc) is 2.31. The van der Waals surface area contributed by atoms with Gasteiger partial charge in [-0.2, -0.15) is 0 Å². The van der Waals surface area contributed by atoms with Gasteiger partial charge in [0.05, 0.1) is 6.10 Å². The molecule has 2 atom stereocenters. The Morgan fingerprint density at radius 3 is 2.89 bits per heavy atom. The summed E-state index contributed by atoms with van der Waals surface area (Å²) in [6.07, 6.45) is 0.264. The van der Waals surface area contributed by atoms with Gasteiger partial charge in [-0.15, -0.1) is 0 Å². The van der Waals surface area contributed by atoms with Crippen molar-refractivity contribution < 1.29 is 14.3 Å². The van der Waals surface area contributed by atoms with Gasteiger partial charge in [0.1, 0.15) is 5.82 Å². The Hall–Kier alpha value is -1.14. The van der Waals surface area contributed by atoms with Crippen molar-refractivity contribution in [3.63, 3.8) is 0 Å². The van der Waals surface area contributed by atoms with Crippen LogP contribution in [0.4, 0.5) is 14.9 Å². The largest absolute Gasteiger partial charge is 0.391 e. The molecule has 0 saturated carbocycles. The van der Waals surface area contributed by atoms with E-state index in [1.54, 1.807) is 11.0 Å². The SMILES string of the molecule is CC1CCN(C(=O)Nc2cc(F)cc(Br)c2)CC1O. The molecule has 1 fully saturated rings. The molecule has 1 saturated heterocycles. The molecule has 2 amide bonds. The number of hydrogen-bond donors (Lipinski definition) is 2. The molecule has 1 aliphatic rings. The number of aliphatic hydroxyl groups is 1. The molecule has 2 rings (SSSR count). The fourth-order valence-electron chi connectivity index (χ4n) is 2.06. The lowest BCUT2D eigenvalue weighted by atomic mass is 9.96. The fourth-order valence-corrected chi connectivity index (χ4v) is 2.53. The number of rotatable bonds is 1. The van der Waals surface area contributed by atoms with Gasteiger partial charge < -0.3 is 15.3 Å². The Morgan fingerprint density at radius 2 is 2.26 bits per heavy atom. The number of aliphatic hydroxyl groups excluding tert-OH is 1. The van der Waals surface area contributed by atoms with Crippen LogP contribution in [0.5, 0.6) is 0 Å². The van der Waals surface area contributed by atoms with E-state index in [-0.39, 0.29) is 11.9 Å². The number of nitrogens with one attached hydrogen (secondary N) is 1. The van der Waals surface area contributed by atoms with Crippen LogP contribution in [0.15, 0.2) is 22.7 Å². The standard InChI is InChI=1S/C13H16BrFN2O2/c1-8-2-3-17(7-12(8)18)13(19)16-11-5-9(14)4-10(15)6-11/h4-6,8,12,18H,2-3,7H2,1H3,(H,16,19). The summed E-state index contributed by atoms with van der Waals surface area (Å²) in [6, 6.07) is 3.89. The molecule has 1 aromatic carbocycles. The summed E-state index contributed by atoms with van der Waals surface area (Å²) in [5, 5.41) is 12.4. The number of halogens is 2. The highest BCUT2D eigenvalue weighted by atomic mass is 79.9. The summed E-state index contributed by atoms with van der Waals surface area (Å²) in [4.78, 5) is 13.6. The normalized spacial score (nSPS) is 23.3. The van der Waals surface area contributed by atoms with Crippen molar-refractivity contribution in [2.24, 2.45) is 5.92 Å². The number of carbonyl (C=O) groups is 1. The Balaban J connectivity index is 2.01. The third-order valence-electron chi connectivity index (χ3n) is 3.32. The van der Waals surface area contributed by atoms with E-state index in [1.807, 2.05) is 6.92 Å². The number of hydrogen-bond acceptors (Lipinski definition) is 2. The molecule has 1 aromatic rings. The van der Waals surface area contributed by atoms with Crippen molar-refractivity contribution in [3.05, 3.63) is 28.5 Å². The minimum absolute atomic E-state index is 0.201. The zero-order valence-electron chi connectivity index (χ0n) is 10.6. The predicted octanol–water partition coefficient (Wildman–Crippen LogP) is 2.82. The van der Waals surface area contributed by atoms with Crippen molar-refractivity contribution in [1.82, 2.24) is 4.90 Å². The maximum Gasteiger partial charge on any atom is 0.321 e. The molecule has 0 aliphatic carbocycles. The van der Waals surface area contributed by atoms with Crippen LogP contribution in [-0.2, 0) is 0 Å². The zero-order valence-corrected chi connectivity index (χ0v) is 12.2. The van der Waals surface area contributed by atoms with Gasteiger partial charge in [-0.25, -0.2) is 9.18 Å². The summed E-state index contributed by atoms with van der Waals surface area (Å²) in [5.41, 5.74) is 0.394. The summed E-state index contributed by atoms with van der Waals surface area (Å²) in [5.74, 6) is -0.218. The Labute approximate surface area is 119 Å². The van der Waals surface area contributed by atoms with Gasteiger partial charge in [-0.05, 0) is 30.5 Å². The second-order valence-electron chi connectivity index (χ2n) is 4.87. The molecule has 1 heterocycles. The molecule has 0 bridgehead atoms. The first kappa shape index (κ1) is 14.3. The first-order chi connectivity index (χ1) is 8.95. The molecular weight excluding hydrogens is 315 g/mol. The Bertz CT molecular complexity index is 463. The van der Waals surface area contributed by atoms with Gasteiger partial charge in [0, 0.05) is 23.2 Å². The molecule has 0 aromatic heterocycles. The van der Waals surface area contributed by atoms with Crippen LogP contribution < -0.4 is 5.32 Å². The van der Waals surface area contributed by atoms with Gasteiger partial charge in [0.2, 0.25) is 0 Å². The predicted molar refractivity (Wildman–Crippen MR) is 74.5 cm³/mol. The lowest BCUT2D eigenvalue weighted by molar-refractivity contribution is 0.0464. The molecule has 104 valence electrons. The van der Waals surface area contributed by atoms with Gasteiger partial charge in [-0.1, -0.05) is 22.9 Å². The second kappa shape index (κ2) is 5.88. The van der Waals surface area contributed by atoms with Crippen LogP contribution in [0.1, 0.15) is 13.3 Å². The molecule has 0 radical (unpaired) electrons. The molecule has 4 nitrogen and oxygen atoms in total. The maximum absolute atomic E-state index is 13.2. The van der Waals surface area contributed by atoms with E-state index >= 15 is 0 Å². The number of anilines is 1. The number of carbonyl (C=O) groups excluding carboxylic acids is 1. The molecule has 0 spiro atoms. The van der Waals surface area contributed by atoms with Crippen LogP contribution in [0, 0.1) is 11.7 Å². The third-order valence-corrected chi connectivity index (χ3v) is 3.78. The van der Waals surface area contributed by atoms with E-state index in [0.717, 1.165) is 6.42 Å². The molecular formula is C13H16BrFN2O2. The molecule has 2 unspecified atom stereocenters. The van der Waals surface area contributed by atoms with E-state index in [4.69, 9.17) is 0 Å². The highest BCUT2D eigenvalue weighted by molar-refractivity contribution is 9.10. The highest BCUT2D eigenvalue weighted by Crippen LogP contribution is 2.21. The van der Waals surface area contributed by atoms with Crippen molar-refractivity contribution >= 4 is 27.6 Å². The van der Waals surface area contributed by atoms with E-state index in [2.05, 4.69) is 21.2 Å². The van der Waals surface area contributed by atoms with E-state index < -0.39 is 11.9 Å². The molecule has 1 aliphatic heterocycles. The van der Waals surface area contributed by atoms with Crippen LogP contribution >= 0.6 is 15.9 Å². The number of amides is 2.